The van der Waals surface area contributed by atoms with Crippen LogP contribution >= 0.6 is 0 Å². The number of anilines is 1. The highest BCUT2D eigenvalue weighted by molar-refractivity contribution is 5.98. The summed E-state index contributed by atoms with van der Waals surface area (Å²) in [4.78, 5) is 12.6. The largest absolute Gasteiger partial charge is 0.493 e. The fraction of sp³-hybridized carbons (Fsp3) is 0.240. The first kappa shape index (κ1) is 26.8. The van der Waals surface area contributed by atoms with E-state index in [0.29, 0.717) is 17.5 Å². The maximum atomic E-state index is 13.5. The Morgan fingerprint density at radius 3 is 2.00 bits per heavy atom. The number of alkyl halides is 6. The molecule has 1 N–H and O–H groups in total. The van der Waals surface area contributed by atoms with E-state index in [0.717, 1.165) is 5.56 Å². The molecule has 0 amide bonds. The van der Waals surface area contributed by atoms with E-state index in [-0.39, 0.29) is 41.2 Å². The predicted molar refractivity (Wildman–Crippen MR) is 126 cm³/mol. The minimum atomic E-state index is -5.04. The Bertz CT molecular complexity index is 1430. The third-order valence-electron chi connectivity index (χ3n) is 5.52. The Balaban J connectivity index is 2.00. The molecule has 0 spiro atoms. The van der Waals surface area contributed by atoms with Gasteiger partial charge in [-0.1, -0.05) is 6.07 Å². The van der Waals surface area contributed by atoms with E-state index in [1.54, 1.807) is 24.5 Å². The molecular formula is C25H20F6N4O3. The second-order valence-electron chi connectivity index (χ2n) is 7.95. The number of nitrogens with one attached hydrogen (secondary N) is 1. The molecule has 13 heteroatoms. The minimum Gasteiger partial charge on any atom is -0.493 e. The van der Waals surface area contributed by atoms with Crippen LogP contribution in [0.2, 0.25) is 0 Å². The molecule has 0 aliphatic heterocycles. The first-order valence-electron chi connectivity index (χ1n) is 10.9. The lowest BCUT2D eigenvalue weighted by molar-refractivity contribution is -0.143. The lowest BCUT2D eigenvalue weighted by Crippen LogP contribution is -2.12. The number of methoxy groups -OCH3 is 3. The molecule has 0 saturated heterocycles. The lowest BCUT2D eigenvalue weighted by atomic mass is 10.0. The number of halogens is 6. The summed E-state index contributed by atoms with van der Waals surface area (Å²) in [7, 11) is 4.05. The van der Waals surface area contributed by atoms with Gasteiger partial charge in [-0.25, -0.2) is 9.97 Å². The van der Waals surface area contributed by atoms with Crippen molar-refractivity contribution in [2.75, 3.05) is 26.6 Å². The van der Waals surface area contributed by atoms with Gasteiger partial charge in [0.25, 0.3) is 0 Å². The first-order chi connectivity index (χ1) is 18.0. The molecule has 0 bridgehead atoms. The number of rotatable bonds is 7. The smallest absolute Gasteiger partial charge is 0.416 e. The standard InChI is InChI=1S/C25H20F6N4O3/c1-36-18-10-17-19(21(38-3)20(18)37-2)34-22(35-23(17)33-12-13-5-4-6-32-11-13)14-7-15(24(26,27)28)9-16(8-14)25(29,30)31/h4-11H,12H2,1-3H3,(H,33,34,35). The molecule has 0 aliphatic carbocycles. The van der Waals surface area contributed by atoms with Gasteiger partial charge >= 0.3 is 12.4 Å². The zero-order chi connectivity index (χ0) is 27.7. The number of fused-ring (bicyclic) bond motifs is 1. The quantitative estimate of drug-likeness (QED) is 0.274. The second kappa shape index (κ2) is 10.2. The van der Waals surface area contributed by atoms with Crippen LogP contribution in [0, 0.1) is 0 Å². The van der Waals surface area contributed by atoms with Crippen molar-refractivity contribution in [2.24, 2.45) is 0 Å². The molecule has 0 fully saturated rings. The summed E-state index contributed by atoms with van der Waals surface area (Å²) in [5, 5.41) is 3.39. The van der Waals surface area contributed by atoms with Gasteiger partial charge in [0.2, 0.25) is 5.75 Å². The Labute approximate surface area is 212 Å². The van der Waals surface area contributed by atoms with Crippen LogP contribution in [0.4, 0.5) is 32.2 Å². The van der Waals surface area contributed by atoms with E-state index in [4.69, 9.17) is 14.2 Å². The topological polar surface area (TPSA) is 78.4 Å². The van der Waals surface area contributed by atoms with Gasteiger partial charge in [-0.3, -0.25) is 4.98 Å². The van der Waals surface area contributed by atoms with Gasteiger partial charge in [-0.2, -0.15) is 26.3 Å². The Morgan fingerprint density at radius 1 is 0.816 bits per heavy atom. The van der Waals surface area contributed by atoms with E-state index in [9.17, 15) is 26.3 Å². The van der Waals surface area contributed by atoms with Crippen LogP contribution in [-0.2, 0) is 18.9 Å². The molecule has 2 heterocycles. The van der Waals surface area contributed by atoms with Gasteiger partial charge in [0.1, 0.15) is 11.3 Å². The molecular weight excluding hydrogens is 518 g/mol. The number of benzene rings is 2. The Hall–Kier alpha value is -4.29. The fourth-order valence-corrected chi connectivity index (χ4v) is 3.77. The van der Waals surface area contributed by atoms with Crippen LogP contribution in [-0.4, -0.2) is 36.3 Å². The van der Waals surface area contributed by atoms with Crippen molar-refractivity contribution >= 4 is 16.7 Å². The molecule has 0 aliphatic rings. The number of nitrogens with zero attached hydrogens (tertiary/aromatic N) is 3. The van der Waals surface area contributed by atoms with E-state index in [2.05, 4.69) is 20.3 Å². The summed E-state index contributed by atoms with van der Waals surface area (Å²) in [5.74, 6) is 0.145. The highest BCUT2D eigenvalue weighted by atomic mass is 19.4. The van der Waals surface area contributed by atoms with Gasteiger partial charge in [-0.05, 0) is 35.9 Å². The van der Waals surface area contributed by atoms with Gasteiger partial charge in [0.15, 0.2) is 17.3 Å². The van der Waals surface area contributed by atoms with Crippen molar-refractivity contribution in [3.8, 4) is 28.6 Å². The third kappa shape index (κ3) is 5.36. The van der Waals surface area contributed by atoms with Crippen molar-refractivity contribution in [2.45, 2.75) is 18.9 Å². The molecule has 7 nitrogen and oxygen atoms in total. The second-order valence-corrected chi connectivity index (χ2v) is 7.95. The lowest BCUT2D eigenvalue weighted by Gasteiger charge is -2.18. The summed E-state index contributed by atoms with van der Waals surface area (Å²) >= 11 is 0. The van der Waals surface area contributed by atoms with Gasteiger partial charge < -0.3 is 19.5 Å². The van der Waals surface area contributed by atoms with Crippen LogP contribution < -0.4 is 19.5 Å². The summed E-state index contributed by atoms with van der Waals surface area (Å²) in [6, 6.07) is 6.18. The maximum Gasteiger partial charge on any atom is 0.416 e. The number of aromatic nitrogens is 3. The van der Waals surface area contributed by atoms with Gasteiger partial charge in [0, 0.05) is 24.5 Å². The highest BCUT2D eigenvalue weighted by Gasteiger charge is 2.37. The molecule has 4 aromatic rings. The van der Waals surface area contributed by atoms with E-state index < -0.39 is 34.9 Å². The average molecular weight is 538 g/mol. The molecule has 0 radical (unpaired) electrons. The number of pyridine rings is 1. The number of hydrogen-bond acceptors (Lipinski definition) is 7. The van der Waals surface area contributed by atoms with Gasteiger partial charge in [0.05, 0.1) is 37.8 Å². The van der Waals surface area contributed by atoms with Crippen molar-refractivity contribution in [1.82, 2.24) is 15.0 Å². The van der Waals surface area contributed by atoms with Crippen LogP contribution in [0.15, 0.2) is 48.8 Å². The van der Waals surface area contributed by atoms with E-state index >= 15 is 0 Å². The molecule has 0 saturated carbocycles. The third-order valence-corrected chi connectivity index (χ3v) is 5.52. The minimum absolute atomic E-state index is 0.0422. The predicted octanol–water partition coefficient (Wildman–Crippen LogP) is 6.37. The molecule has 2 aromatic carbocycles. The number of hydrogen-bond donors (Lipinski definition) is 1. The fourth-order valence-electron chi connectivity index (χ4n) is 3.77. The SMILES string of the molecule is COc1cc2c(NCc3cccnc3)nc(-c3cc(C(F)(F)F)cc(C(F)(F)F)c3)nc2c(OC)c1OC. The molecule has 4 rings (SSSR count). The van der Waals surface area contributed by atoms with Gasteiger partial charge in [-0.15, -0.1) is 0 Å². The zero-order valence-corrected chi connectivity index (χ0v) is 20.2. The summed E-state index contributed by atoms with van der Waals surface area (Å²) in [5.41, 5.74) is -2.65. The normalized spacial score (nSPS) is 11.9. The number of ether oxygens (including phenoxy) is 3. The Kier molecular flexibility index (Phi) is 7.20. The van der Waals surface area contributed by atoms with Crippen molar-refractivity contribution in [1.29, 1.82) is 0 Å². The van der Waals surface area contributed by atoms with Crippen molar-refractivity contribution < 1.29 is 40.6 Å². The summed E-state index contributed by atoms with van der Waals surface area (Å²) in [6.45, 7) is 0.187. The monoisotopic (exact) mass is 538 g/mol. The molecule has 0 atom stereocenters. The summed E-state index contributed by atoms with van der Waals surface area (Å²) < 4.78 is 97.3. The molecule has 38 heavy (non-hydrogen) atoms. The molecule has 0 unspecified atom stereocenters. The highest BCUT2D eigenvalue weighted by Crippen LogP contribution is 2.45. The van der Waals surface area contributed by atoms with E-state index in [1.165, 1.54) is 27.4 Å². The van der Waals surface area contributed by atoms with Crippen LogP contribution in [0.1, 0.15) is 16.7 Å². The summed E-state index contributed by atoms with van der Waals surface area (Å²) in [6.07, 6.45) is -6.91. The zero-order valence-electron chi connectivity index (χ0n) is 20.2. The van der Waals surface area contributed by atoms with Crippen molar-refractivity contribution in [3.63, 3.8) is 0 Å². The molecule has 2 aromatic heterocycles. The molecule has 200 valence electrons. The van der Waals surface area contributed by atoms with Crippen molar-refractivity contribution in [3.05, 3.63) is 65.5 Å². The average Bonchev–Trinajstić information content (AvgIpc) is 2.89. The maximum absolute atomic E-state index is 13.5. The van der Waals surface area contributed by atoms with Crippen LogP contribution in [0.3, 0.4) is 0 Å². The van der Waals surface area contributed by atoms with Crippen LogP contribution in [0.5, 0.6) is 17.2 Å². The van der Waals surface area contributed by atoms with E-state index in [1.807, 2.05) is 0 Å². The van der Waals surface area contributed by atoms with Crippen LogP contribution in [0.25, 0.3) is 22.3 Å². The Morgan fingerprint density at radius 2 is 1.47 bits per heavy atom. The first-order valence-corrected chi connectivity index (χ1v) is 10.9.